The number of amides is 1. The van der Waals surface area contributed by atoms with Gasteiger partial charge in [0.05, 0.1) is 5.92 Å². The monoisotopic (exact) mass is 402 g/mol. The van der Waals surface area contributed by atoms with Gasteiger partial charge in [0, 0.05) is 30.6 Å². The SMILES string of the molecule is O=C(NCCSC1CCCC1)C1CCCN(S(=O)(=O)c2cccs2)C1. The van der Waals surface area contributed by atoms with Crippen molar-refractivity contribution in [3.8, 4) is 0 Å². The van der Waals surface area contributed by atoms with Gasteiger partial charge < -0.3 is 5.32 Å². The van der Waals surface area contributed by atoms with Crippen molar-refractivity contribution in [1.82, 2.24) is 9.62 Å². The molecule has 1 unspecified atom stereocenters. The molecule has 140 valence electrons. The van der Waals surface area contributed by atoms with Crippen molar-refractivity contribution in [2.24, 2.45) is 5.92 Å². The quantitative estimate of drug-likeness (QED) is 0.712. The second-order valence-corrected chi connectivity index (χ2v) is 11.2. The molecule has 2 heterocycles. The molecule has 1 aliphatic carbocycles. The highest BCUT2D eigenvalue weighted by Gasteiger charge is 2.33. The number of thioether (sulfide) groups is 1. The van der Waals surface area contributed by atoms with Crippen LogP contribution in [0.25, 0.3) is 0 Å². The van der Waals surface area contributed by atoms with Gasteiger partial charge in [0.1, 0.15) is 4.21 Å². The van der Waals surface area contributed by atoms with Gasteiger partial charge in [-0.25, -0.2) is 8.42 Å². The average molecular weight is 403 g/mol. The maximum Gasteiger partial charge on any atom is 0.252 e. The molecule has 1 aromatic rings. The zero-order chi connectivity index (χ0) is 17.7. The third-order valence-electron chi connectivity index (χ3n) is 4.90. The summed E-state index contributed by atoms with van der Waals surface area (Å²) in [5.74, 6) is 0.707. The lowest BCUT2D eigenvalue weighted by molar-refractivity contribution is -0.125. The van der Waals surface area contributed by atoms with Crippen molar-refractivity contribution < 1.29 is 13.2 Å². The van der Waals surface area contributed by atoms with Crippen LogP contribution in [0.4, 0.5) is 0 Å². The lowest BCUT2D eigenvalue weighted by Gasteiger charge is -2.30. The summed E-state index contributed by atoms with van der Waals surface area (Å²) >= 11 is 3.19. The van der Waals surface area contributed by atoms with Crippen LogP contribution < -0.4 is 5.32 Å². The van der Waals surface area contributed by atoms with E-state index in [4.69, 9.17) is 0 Å². The topological polar surface area (TPSA) is 66.5 Å². The van der Waals surface area contributed by atoms with E-state index in [1.54, 1.807) is 17.5 Å². The Labute approximate surface area is 158 Å². The van der Waals surface area contributed by atoms with E-state index in [1.807, 2.05) is 11.8 Å². The third-order valence-corrected chi connectivity index (χ3v) is 9.52. The van der Waals surface area contributed by atoms with Crippen LogP contribution in [0.1, 0.15) is 38.5 Å². The lowest BCUT2D eigenvalue weighted by atomic mass is 9.99. The molecule has 3 rings (SSSR count). The van der Waals surface area contributed by atoms with Gasteiger partial charge in [0.15, 0.2) is 0 Å². The van der Waals surface area contributed by atoms with Crippen molar-refractivity contribution >= 4 is 39.0 Å². The first-order valence-electron chi connectivity index (χ1n) is 9.00. The number of thiophene rings is 1. The number of rotatable bonds is 7. The maximum absolute atomic E-state index is 12.6. The van der Waals surface area contributed by atoms with E-state index in [2.05, 4.69) is 5.32 Å². The summed E-state index contributed by atoms with van der Waals surface area (Å²) in [6.07, 6.45) is 6.77. The van der Waals surface area contributed by atoms with E-state index in [9.17, 15) is 13.2 Å². The molecule has 0 spiro atoms. The van der Waals surface area contributed by atoms with Crippen LogP contribution in [0.2, 0.25) is 0 Å². The minimum absolute atomic E-state index is 0.00176. The summed E-state index contributed by atoms with van der Waals surface area (Å²) in [4.78, 5) is 12.4. The smallest absolute Gasteiger partial charge is 0.252 e. The van der Waals surface area contributed by atoms with Crippen molar-refractivity contribution in [3.63, 3.8) is 0 Å². The molecular weight excluding hydrogens is 376 g/mol. The van der Waals surface area contributed by atoms with E-state index in [-0.39, 0.29) is 11.8 Å². The van der Waals surface area contributed by atoms with Gasteiger partial charge >= 0.3 is 0 Å². The molecule has 1 amide bonds. The summed E-state index contributed by atoms with van der Waals surface area (Å²) in [7, 11) is -3.45. The zero-order valence-electron chi connectivity index (χ0n) is 14.4. The lowest BCUT2D eigenvalue weighted by Crippen LogP contribution is -2.45. The predicted octanol–water partition coefficient (Wildman–Crippen LogP) is 2.94. The molecule has 0 aromatic carbocycles. The molecule has 8 heteroatoms. The summed E-state index contributed by atoms with van der Waals surface area (Å²) in [5.41, 5.74) is 0. The largest absolute Gasteiger partial charge is 0.355 e. The van der Waals surface area contributed by atoms with Crippen molar-refractivity contribution in [3.05, 3.63) is 17.5 Å². The number of hydrogen-bond acceptors (Lipinski definition) is 5. The zero-order valence-corrected chi connectivity index (χ0v) is 16.8. The van der Waals surface area contributed by atoms with Gasteiger partial charge in [0.2, 0.25) is 5.91 Å². The molecule has 25 heavy (non-hydrogen) atoms. The van der Waals surface area contributed by atoms with E-state index < -0.39 is 10.0 Å². The number of nitrogens with one attached hydrogen (secondary N) is 1. The first-order valence-corrected chi connectivity index (χ1v) is 12.4. The molecule has 0 bridgehead atoms. The number of sulfonamides is 1. The number of carbonyl (C=O) groups excluding carboxylic acids is 1. The van der Waals surface area contributed by atoms with Gasteiger partial charge in [-0.05, 0) is 37.1 Å². The summed E-state index contributed by atoms with van der Waals surface area (Å²) in [6, 6.07) is 3.37. The Kier molecular flexibility index (Phi) is 6.82. The van der Waals surface area contributed by atoms with Crippen LogP contribution in [-0.2, 0) is 14.8 Å². The second-order valence-electron chi connectivity index (χ2n) is 6.70. The highest BCUT2D eigenvalue weighted by molar-refractivity contribution is 7.99. The van der Waals surface area contributed by atoms with E-state index in [0.717, 1.165) is 23.8 Å². The normalized spacial score (nSPS) is 23.0. The van der Waals surface area contributed by atoms with Gasteiger partial charge in [-0.15, -0.1) is 11.3 Å². The van der Waals surface area contributed by atoms with Crippen LogP contribution in [0.5, 0.6) is 0 Å². The van der Waals surface area contributed by atoms with E-state index in [0.29, 0.717) is 23.8 Å². The molecule has 2 fully saturated rings. The fraction of sp³-hybridized carbons (Fsp3) is 0.706. The van der Waals surface area contributed by atoms with Crippen molar-refractivity contribution in [2.75, 3.05) is 25.4 Å². The Hall–Kier alpha value is -0.570. The molecule has 0 radical (unpaired) electrons. The van der Waals surface area contributed by atoms with Crippen LogP contribution in [0.15, 0.2) is 21.7 Å². The molecule has 1 saturated carbocycles. The fourth-order valence-electron chi connectivity index (χ4n) is 3.51. The minimum atomic E-state index is -3.45. The highest BCUT2D eigenvalue weighted by atomic mass is 32.2. The second kappa shape index (κ2) is 8.88. The Balaban J connectivity index is 1.46. The standard InChI is InChI=1S/C17H26N2O3S3/c20-17(18-9-12-23-15-6-1-2-7-15)14-5-3-10-19(13-14)25(21,22)16-8-4-11-24-16/h4,8,11,14-15H,1-3,5-7,9-10,12-13H2,(H,18,20). The number of nitrogens with zero attached hydrogens (tertiary/aromatic N) is 1. The van der Waals surface area contributed by atoms with E-state index in [1.165, 1.54) is 41.3 Å². The molecule has 1 saturated heterocycles. The Morgan fingerprint density at radius 1 is 1.28 bits per heavy atom. The highest BCUT2D eigenvalue weighted by Crippen LogP contribution is 2.29. The first kappa shape index (κ1) is 19.2. The third kappa shape index (κ3) is 4.99. The summed E-state index contributed by atoms with van der Waals surface area (Å²) in [6.45, 7) is 1.47. The molecule has 5 nitrogen and oxygen atoms in total. The maximum atomic E-state index is 12.6. The molecular formula is C17H26N2O3S3. The molecule has 1 aliphatic heterocycles. The Morgan fingerprint density at radius 3 is 2.80 bits per heavy atom. The first-order chi connectivity index (χ1) is 12.1. The summed E-state index contributed by atoms with van der Waals surface area (Å²) in [5, 5.41) is 5.53. The Bertz CT molecular complexity index is 655. The van der Waals surface area contributed by atoms with Crippen LogP contribution in [0, 0.1) is 5.92 Å². The average Bonchev–Trinajstić information content (AvgIpc) is 3.32. The summed E-state index contributed by atoms with van der Waals surface area (Å²) < 4.78 is 27.1. The molecule has 1 atom stereocenters. The van der Waals surface area contributed by atoms with Crippen LogP contribution in [0.3, 0.4) is 0 Å². The van der Waals surface area contributed by atoms with E-state index >= 15 is 0 Å². The minimum Gasteiger partial charge on any atom is -0.355 e. The van der Waals surface area contributed by atoms with Gasteiger partial charge in [-0.2, -0.15) is 16.1 Å². The molecule has 1 aromatic heterocycles. The van der Waals surface area contributed by atoms with Crippen molar-refractivity contribution in [1.29, 1.82) is 0 Å². The predicted molar refractivity (Wildman–Crippen MR) is 104 cm³/mol. The van der Waals surface area contributed by atoms with Crippen LogP contribution >= 0.6 is 23.1 Å². The van der Waals surface area contributed by atoms with Gasteiger partial charge in [-0.1, -0.05) is 18.9 Å². The Morgan fingerprint density at radius 2 is 2.08 bits per heavy atom. The van der Waals surface area contributed by atoms with Gasteiger partial charge in [-0.3, -0.25) is 4.79 Å². The fourth-order valence-corrected chi connectivity index (χ4v) is 7.40. The van der Waals surface area contributed by atoms with Gasteiger partial charge in [0.25, 0.3) is 10.0 Å². The number of carbonyl (C=O) groups is 1. The van der Waals surface area contributed by atoms with Crippen LogP contribution in [-0.4, -0.2) is 49.3 Å². The van der Waals surface area contributed by atoms with Crippen molar-refractivity contribution in [2.45, 2.75) is 48.0 Å². The number of piperidine rings is 1. The number of hydrogen-bond donors (Lipinski definition) is 1. The molecule has 1 N–H and O–H groups in total. The molecule has 2 aliphatic rings.